The molecule has 0 spiro atoms. The SMILES string of the molecule is C=CC(=O)OCCCCOCCC. The number of esters is 1. The summed E-state index contributed by atoms with van der Waals surface area (Å²) in [5, 5.41) is 0. The third-order valence-corrected chi connectivity index (χ3v) is 1.44. The average molecular weight is 186 g/mol. The highest BCUT2D eigenvalue weighted by Gasteiger charge is 1.94. The molecule has 0 amide bonds. The first-order valence-electron chi connectivity index (χ1n) is 4.68. The summed E-state index contributed by atoms with van der Waals surface area (Å²) >= 11 is 0. The van der Waals surface area contributed by atoms with Crippen molar-refractivity contribution in [1.82, 2.24) is 0 Å². The lowest BCUT2D eigenvalue weighted by Crippen LogP contribution is -2.03. The molecular formula is C10H18O3. The van der Waals surface area contributed by atoms with Gasteiger partial charge in [-0.2, -0.15) is 0 Å². The summed E-state index contributed by atoms with van der Waals surface area (Å²) in [6.07, 6.45) is 4.01. The van der Waals surface area contributed by atoms with Crippen LogP contribution in [0.5, 0.6) is 0 Å². The fourth-order valence-corrected chi connectivity index (χ4v) is 0.784. The second kappa shape index (κ2) is 9.26. The predicted molar refractivity (Wildman–Crippen MR) is 51.5 cm³/mol. The molecule has 0 fully saturated rings. The average Bonchev–Trinajstić information content (AvgIpc) is 2.16. The van der Waals surface area contributed by atoms with Gasteiger partial charge in [0, 0.05) is 19.3 Å². The topological polar surface area (TPSA) is 35.5 Å². The zero-order valence-corrected chi connectivity index (χ0v) is 8.25. The van der Waals surface area contributed by atoms with Gasteiger partial charge in [0.05, 0.1) is 6.61 Å². The highest BCUT2D eigenvalue weighted by molar-refractivity contribution is 5.81. The van der Waals surface area contributed by atoms with E-state index in [0.717, 1.165) is 32.5 Å². The van der Waals surface area contributed by atoms with Crippen molar-refractivity contribution < 1.29 is 14.3 Å². The van der Waals surface area contributed by atoms with E-state index in [1.165, 1.54) is 6.08 Å². The molecule has 0 saturated heterocycles. The molecule has 0 N–H and O–H groups in total. The highest BCUT2D eigenvalue weighted by atomic mass is 16.5. The Bertz CT molecular complexity index is 143. The predicted octanol–water partition coefficient (Wildman–Crippen LogP) is 1.92. The summed E-state index contributed by atoms with van der Waals surface area (Å²) in [5.41, 5.74) is 0. The Labute approximate surface area is 79.7 Å². The lowest BCUT2D eigenvalue weighted by molar-refractivity contribution is -0.137. The summed E-state index contributed by atoms with van der Waals surface area (Å²) in [6.45, 7) is 7.40. The van der Waals surface area contributed by atoms with E-state index < -0.39 is 0 Å². The minimum Gasteiger partial charge on any atom is -0.463 e. The molecular weight excluding hydrogens is 168 g/mol. The van der Waals surface area contributed by atoms with Crippen LogP contribution in [-0.4, -0.2) is 25.8 Å². The number of hydrogen-bond donors (Lipinski definition) is 0. The fourth-order valence-electron chi connectivity index (χ4n) is 0.784. The summed E-state index contributed by atoms with van der Waals surface area (Å²) in [7, 11) is 0. The quantitative estimate of drug-likeness (QED) is 0.330. The molecule has 0 atom stereocenters. The Hall–Kier alpha value is -0.830. The van der Waals surface area contributed by atoms with Crippen LogP contribution < -0.4 is 0 Å². The van der Waals surface area contributed by atoms with Gasteiger partial charge in [-0.1, -0.05) is 13.5 Å². The normalized spacial score (nSPS) is 9.62. The molecule has 0 radical (unpaired) electrons. The molecule has 0 saturated carbocycles. The Balaban J connectivity index is 2.99. The number of ether oxygens (including phenoxy) is 2. The number of unbranched alkanes of at least 4 members (excludes halogenated alkanes) is 1. The molecule has 0 aliphatic heterocycles. The Morgan fingerprint density at radius 2 is 2.00 bits per heavy atom. The van der Waals surface area contributed by atoms with Crippen LogP contribution in [-0.2, 0) is 14.3 Å². The van der Waals surface area contributed by atoms with Crippen LogP contribution in [0, 0.1) is 0 Å². The van der Waals surface area contributed by atoms with E-state index >= 15 is 0 Å². The number of rotatable bonds is 8. The number of hydrogen-bond acceptors (Lipinski definition) is 3. The molecule has 0 rings (SSSR count). The van der Waals surface area contributed by atoms with Crippen LogP contribution in [0.3, 0.4) is 0 Å². The molecule has 3 nitrogen and oxygen atoms in total. The molecule has 0 aliphatic rings. The van der Waals surface area contributed by atoms with Gasteiger partial charge in [0.1, 0.15) is 0 Å². The maximum atomic E-state index is 10.6. The molecule has 0 aromatic heterocycles. The van der Waals surface area contributed by atoms with E-state index in [-0.39, 0.29) is 5.97 Å². The first-order valence-corrected chi connectivity index (χ1v) is 4.68. The van der Waals surface area contributed by atoms with Crippen LogP contribution >= 0.6 is 0 Å². The van der Waals surface area contributed by atoms with Gasteiger partial charge in [-0.25, -0.2) is 4.79 Å². The van der Waals surface area contributed by atoms with Crippen molar-refractivity contribution in [3.63, 3.8) is 0 Å². The maximum absolute atomic E-state index is 10.6. The maximum Gasteiger partial charge on any atom is 0.330 e. The van der Waals surface area contributed by atoms with Crippen molar-refractivity contribution in [3.8, 4) is 0 Å². The zero-order valence-electron chi connectivity index (χ0n) is 8.25. The number of carbonyl (C=O) groups excluding carboxylic acids is 1. The van der Waals surface area contributed by atoms with Crippen molar-refractivity contribution in [1.29, 1.82) is 0 Å². The summed E-state index contributed by atoms with van der Waals surface area (Å²) in [5.74, 6) is -0.352. The summed E-state index contributed by atoms with van der Waals surface area (Å²) in [6, 6.07) is 0. The standard InChI is InChI=1S/C10H18O3/c1-3-7-12-8-5-6-9-13-10(11)4-2/h4H,2-3,5-9H2,1H3. The molecule has 0 unspecified atom stereocenters. The highest BCUT2D eigenvalue weighted by Crippen LogP contribution is 1.92. The lowest BCUT2D eigenvalue weighted by Gasteiger charge is -2.02. The lowest BCUT2D eigenvalue weighted by atomic mass is 10.3. The van der Waals surface area contributed by atoms with Crippen LogP contribution in [0.2, 0.25) is 0 Å². The van der Waals surface area contributed by atoms with Crippen molar-refractivity contribution in [3.05, 3.63) is 12.7 Å². The number of carbonyl (C=O) groups is 1. The van der Waals surface area contributed by atoms with E-state index in [1.807, 2.05) is 0 Å². The van der Waals surface area contributed by atoms with Gasteiger partial charge in [-0.15, -0.1) is 0 Å². The fraction of sp³-hybridized carbons (Fsp3) is 0.700. The molecule has 13 heavy (non-hydrogen) atoms. The van der Waals surface area contributed by atoms with E-state index in [4.69, 9.17) is 9.47 Å². The van der Waals surface area contributed by atoms with Crippen molar-refractivity contribution in [2.24, 2.45) is 0 Å². The molecule has 0 heterocycles. The minimum absolute atomic E-state index is 0.352. The van der Waals surface area contributed by atoms with Crippen molar-refractivity contribution in [2.75, 3.05) is 19.8 Å². The largest absolute Gasteiger partial charge is 0.463 e. The van der Waals surface area contributed by atoms with Gasteiger partial charge < -0.3 is 9.47 Å². The third-order valence-electron chi connectivity index (χ3n) is 1.44. The van der Waals surface area contributed by atoms with Gasteiger partial charge in [0.15, 0.2) is 0 Å². The Morgan fingerprint density at radius 3 is 2.62 bits per heavy atom. The molecule has 0 aliphatic carbocycles. The van der Waals surface area contributed by atoms with Crippen LogP contribution in [0.25, 0.3) is 0 Å². The second-order valence-electron chi connectivity index (χ2n) is 2.69. The van der Waals surface area contributed by atoms with Gasteiger partial charge in [-0.05, 0) is 19.3 Å². The Kier molecular flexibility index (Phi) is 8.67. The zero-order chi connectivity index (χ0) is 9.94. The molecule has 0 bridgehead atoms. The molecule has 76 valence electrons. The smallest absolute Gasteiger partial charge is 0.330 e. The third kappa shape index (κ3) is 9.08. The van der Waals surface area contributed by atoms with Gasteiger partial charge >= 0.3 is 5.97 Å². The van der Waals surface area contributed by atoms with E-state index in [0.29, 0.717) is 6.61 Å². The van der Waals surface area contributed by atoms with Gasteiger partial charge in [-0.3, -0.25) is 0 Å². The monoisotopic (exact) mass is 186 g/mol. The van der Waals surface area contributed by atoms with Gasteiger partial charge in [0.2, 0.25) is 0 Å². The second-order valence-corrected chi connectivity index (χ2v) is 2.69. The van der Waals surface area contributed by atoms with E-state index in [2.05, 4.69) is 13.5 Å². The minimum atomic E-state index is -0.352. The first-order chi connectivity index (χ1) is 6.31. The van der Waals surface area contributed by atoms with Crippen LogP contribution in [0.1, 0.15) is 26.2 Å². The summed E-state index contributed by atoms with van der Waals surface area (Å²) in [4.78, 5) is 10.6. The molecule has 3 heteroatoms. The van der Waals surface area contributed by atoms with Crippen LogP contribution in [0.15, 0.2) is 12.7 Å². The summed E-state index contributed by atoms with van der Waals surface area (Å²) < 4.78 is 10.0. The molecule has 0 aromatic rings. The van der Waals surface area contributed by atoms with Crippen molar-refractivity contribution in [2.45, 2.75) is 26.2 Å². The van der Waals surface area contributed by atoms with E-state index in [9.17, 15) is 4.79 Å². The first kappa shape index (κ1) is 12.2. The van der Waals surface area contributed by atoms with Crippen LogP contribution in [0.4, 0.5) is 0 Å². The van der Waals surface area contributed by atoms with Crippen molar-refractivity contribution >= 4 is 5.97 Å². The molecule has 0 aromatic carbocycles. The Morgan fingerprint density at radius 1 is 1.31 bits per heavy atom. The van der Waals surface area contributed by atoms with Gasteiger partial charge in [0.25, 0.3) is 0 Å². The van der Waals surface area contributed by atoms with E-state index in [1.54, 1.807) is 0 Å².